The van der Waals surface area contributed by atoms with Gasteiger partial charge in [-0.1, -0.05) is 67.9 Å². The first-order valence-corrected chi connectivity index (χ1v) is 12.5. The van der Waals surface area contributed by atoms with Crippen LogP contribution in [0.3, 0.4) is 0 Å². The average molecular weight is 480 g/mol. The molecule has 0 aliphatic rings. The van der Waals surface area contributed by atoms with Crippen LogP contribution in [-0.2, 0) is 6.54 Å². The van der Waals surface area contributed by atoms with Gasteiger partial charge in [-0.05, 0) is 55.6 Å². The molecule has 3 aromatic carbocycles. The van der Waals surface area contributed by atoms with Crippen molar-refractivity contribution in [3.63, 3.8) is 0 Å². The van der Waals surface area contributed by atoms with Gasteiger partial charge in [-0.2, -0.15) is 5.26 Å². The lowest BCUT2D eigenvalue weighted by molar-refractivity contribution is 0.0605. The molecule has 184 valence electrons. The molecule has 0 fully saturated rings. The van der Waals surface area contributed by atoms with Crippen molar-refractivity contribution in [1.82, 2.24) is 14.5 Å². The molecule has 6 heteroatoms. The van der Waals surface area contributed by atoms with Crippen LogP contribution >= 0.6 is 0 Å². The Morgan fingerprint density at radius 3 is 2.42 bits per heavy atom. The highest BCUT2D eigenvalue weighted by Crippen LogP contribution is 2.33. The summed E-state index contributed by atoms with van der Waals surface area (Å²) in [7, 11) is 0. The summed E-state index contributed by atoms with van der Waals surface area (Å²) in [6.07, 6.45) is 0.684. The fourth-order valence-electron chi connectivity index (χ4n) is 4.70. The summed E-state index contributed by atoms with van der Waals surface area (Å²) in [6, 6.07) is 25.5. The van der Waals surface area contributed by atoms with Gasteiger partial charge in [-0.15, -0.1) is 0 Å². The van der Waals surface area contributed by atoms with Gasteiger partial charge in [-0.3, -0.25) is 4.79 Å². The van der Waals surface area contributed by atoms with Gasteiger partial charge in [0.05, 0.1) is 17.1 Å². The van der Waals surface area contributed by atoms with Gasteiger partial charge >= 0.3 is 0 Å². The molecule has 1 aromatic heterocycles. The van der Waals surface area contributed by atoms with Gasteiger partial charge in [0.2, 0.25) is 0 Å². The Balaban J connectivity index is 1.89. The Bertz CT molecular complexity index is 1370. The van der Waals surface area contributed by atoms with Gasteiger partial charge in [-0.25, -0.2) is 4.98 Å². The number of nitriles is 1. The minimum atomic E-state index is -0.298. The van der Waals surface area contributed by atoms with Crippen molar-refractivity contribution in [2.45, 2.75) is 39.8 Å². The Morgan fingerprint density at radius 2 is 1.78 bits per heavy atom. The van der Waals surface area contributed by atoms with Gasteiger partial charge in [0, 0.05) is 18.7 Å². The Kier molecular flexibility index (Phi) is 7.82. The third-order valence-electron chi connectivity index (χ3n) is 6.51. The maximum Gasteiger partial charge on any atom is 0.254 e. The zero-order valence-corrected chi connectivity index (χ0v) is 21.2. The summed E-state index contributed by atoms with van der Waals surface area (Å²) in [5, 5.41) is 9.78. The Morgan fingerprint density at radius 1 is 1.06 bits per heavy atom. The van der Waals surface area contributed by atoms with Crippen molar-refractivity contribution in [2.75, 3.05) is 13.1 Å². The van der Waals surface area contributed by atoms with Gasteiger partial charge in [0.25, 0.3) is 5.91 Å². The molecule has 2 N–H and O–H groups in total. The van der Waals surface area contributed by atoms with Crippen LogP contribution < -0.4 is 5.73 Å². The number of amides is 1. The molecular formula is C30H33N5O. The molecule has 0 aliphatic heterocycles. The number of nitrogens with zero attached hydrogens (tertiary/aromatic N) is 4. The van der Waals surface area contributed by atoms with Crippen molar-refractivity contribution in [3.8, 4) is 6.07 Å². The normalized spacial score (nSPS) is 12.0. The summed E-state index contributed by atoms with van der Waals surface area (Å²) >= 11 is 0. The summed E-state index contributed by atoms with van der Waals surface area (Å²) in [6.45, 7) is 7.83. The quantitative estimate of drug-likeness (QED) is 0.346. The smallest absolute Gasteiger partial charge is 0.254 e. The van der Waals surface area contributed by atoms with Crippen molar-refractivity contribution in [2.24, 2.45) is 11.7 Å². The number of carbonyl (C=O) groups excluding carboxylic acids is 1. The van der Waals surface area contributed by atoms with Gasteiger partial charge in [0.1, 0.15) is 17.4 Å². The minimum Gasteiger partial charge on any atom is -0.330 e. The fraction of sp³-hybridized carbons (Fsp3) is 0.300. The summed E-state index contributed by atoms with van der Waals surface area (Å²) < 4.78 is 2.16. The average Bonchev–Trinajstić information content (AvgIpc) is 3.24. The molecule has 1 atom stereocenters. The van der Waals surface area contributed by atoms with E-state index in [0.29, 0.717) is 42.7 Å². The fourth-order valence-corrected chi connectivity index (χ4v) is 4.70. The van der Waals surface area contributed by atoms with Crippen molar-refractivity contribution in [1.29, 1.82) is 5.26 Å². The number of para-hydroxylation sites is 1. The van der Waals surface area contributed by atoms with E-state index >= 15 is 0 Å². The largest absolute Gasteiger partial charge is 0.330 e. The molecule has 4 aromatic rings. The van der Waals surface area contributed by atoms with Crippen LogP contribution in [0.5, 0.6) is 0 Å². The van der Waals surface area contributed by atoms with E-state index in [1.165, 1.54) is 0 Å². The van der Waals surface area contributed by atoms with E-state index in [-0.39, 0.29) is 17.9 Å². The van der Waals surface area contributed by atoms with Crippen molar-refractivity contribution < 1.29 is 4.79 Å². The third kappa shape index (κ3) is 5.17. The lowest BCUT2D eigenvalue weighted by atomic mass is 9.99. The molecular weight excluding hydrogens is 446 g/mol. The molecule has 0 saturated carbocycles. The minimum absolute atomic E-state index is 0.0408. The standard InChI is InChI=1S/C30H33N5O/c1-21(2)28(34(18-8-17-31)30(36)24-15-13-22(3)14-16-24)29-33-27-25(19-32)11-7-12-26(27)35(29)20-23-9-5-4-6-10-23/h4-7,9-16,21,28H,8,17-18,20,31H2,1-3H3/t28-/m1/s1. The van der Waals surface area contributed by atoms with E-state index in [2.05, 4.69) is 36.6 Å². The summed E-state index contributed by atoms with van der Waals surface area (Å²) in [5.74, 6) is 0.819. The SMILES string of the molecule is Cc1ccc(C(=O)N(CCCN)[C@@H](c2nc3c(C#N)cccc3n2Cc2ccccc2)C(C)C)cc1. The van der Waals surface area contributed by atoms with Crippen LogP contribution in [0.15, 0.2) is 72.8 Å². The van der Waals surface area contributed by atoms with Crippen LogP contribution in [0.1, 0.15) is 59.2 Å². The predicted octanol–water partition coefficient (Wildman–Crippen LogP) is 5.45. The molecule has 0 unspecified atom stereocenters. The van der Waals surface area contributed by atoms with E-state index < -0.39 is 0 Å². The number of nitrogens with two attached hydrogens (primary N) is 1. The number of aromatic nitrogens is 2. The van der Waals surface area contributed by atoms with E-state index in [4.69, 9.17) is 10.7 Å². The van der Waals surface area contributed by atoms with Crippen LogP contribution in [0.4, 0.5) is 0 Å². The second-order valence-electron chi connectivity index (χ2n) is 9.52. The maximum atomic E-state index is 13.9. The Hall–Kier alpha value is -3.95. The highest BCUT2D eigenvalue weighted by molar-refractivity contribution is 5.94. The van der Waals surface area contributed by atoms with E-state index in [1.807, 2.05) is 66.4 Å². The van der Waals surface area contributed by atoms with Crippen LogP contribution in [0.25, 0.3) is 11.0 Å². The van der Waals surface area contributed by atoms with E-state index in [0.717, 1.165) is 22.5 Å². The maximum absolute atomic E-state index is 13.9. The monoisotopic (exact) mass is 479 g/mol. The molecule has 1 heterocycles. The lowest BCUT2D eigenvalue weighted by Gasteiger charge is -2.34. The lowest BCUT2D eigenvalue weighted by Crippen LogP contribution is -2.40. The number of fused-ring (bicyclic) bond motifs is 1. The molecule has 1 amide bonds. The number of rotatable bonds is 9. The number of hydrogen-bond acceptors (Lipinski definition) is 4. The van der Waals surface area contributed by atoms with E-state index in [9.17, 15) is 10.1 Å². The summed E-state index contributed by atoms with van der Waals surface area (Å²) in [4.78, 5) is 20.8. The first-order chi connectivity index (χ1) is 17.4. The van der Waals surface area contributed by atoms with Crippen LogP contribution in [0.2, 0.25) is 0 Å². The van der Waals surface area contributed by atoms with Gasteiger partial charge < -0.3 is 15.2 Å². The third-order valence-corrected chi connectivity index (χ3v) is 6.51. The molecule has 0 aliphatic carbocycles. The number of benzene rings is 3. The topological polar surface area (TPSA) is 87.9 Å². The molecule has 4 rings (SSSR count). The van der Waals surface area contributed by atoms with Crippen LogP contribution in [0, 0.1) is 24.2 Å². The molecule has 0 radical (unpaired) electrons. The molecule has 36 heavy (non-hydrogen) atoms. The van der Waals surface area contributed by atoms with Crippen LogP contribution in [-0.4, -0.2) is 33.4 Å². The highest BCUT2D eigenvalue weighted by atomic mass is 16.2. The van der Waals surface area contributed by atoms with Crippen molar-refractivity contribution >= 4 is 16.9 Å². The van der Waals surface area contributed by atoms with Gasteiger partial charge in [0.15, 0.2) is 0 Å². The number of hydrogen-bond donors (Lipinski definition) is 1. The molecule has 0 bridgehead atoms. The Labute approximate surface area is 213 Å². The first-order valence-electron chi connectivity index (χ1n) is 12.5. The molecule has 0 saturated heterocycles. The number of aryl methyl sites for hydroxylation is 1. The second kappa shape index (κ2) is 11.2. The predicted molar refractivity (Wildman–Crippen MR) is 143 cm³/mol. The molecule has 6 nitrogen and oxygen atoms in total. The highest BCUT2D eigenvalue weighted by Gasteiger charge is 2.33. The van der Waals surface area contributed by atoms with E-state index in [1.54, 1.807) is 6.07 Å². The summed E-state index contributed by atoms with van der Waals surface area (Å²) in [5.41, 5.74) is 10.8. The number of imidazole rings is 1. The molecule has 0 spiro atoms. The number of carbonyl (C=O) groups is 1. The second-order valence-corrected chi connectivity index (χ2v) is 9.52. The van der Waals surface area contributed by atoms with Crippen molar-refractivity contribution in [3.05, 3.63) is 101 Å². The zero-order chi connectivity index (χ0) is 25.7. The zero-order valence-electron chi connectivity index (χ0n) is 21.2. The first kappa shape index (κ1) is 25.2.